The molecule has 1 aromatic carbocycles. The van der Waals surface area contributed by atoms with E-state index in [0.717, 1.165) is 31.5 Å². The van der Waals surface area contributed by atoms with Gasteiger partial charge in [0, 0.05) is 11.4 Å². The molecule has 1 aliphatic heterocycles. The van der Waals surface area contributed by atoms with Crippen molar-refractivity contribution in [2.24, 2.45) is 5.92 Å². The lowest BCUT2D eigenvalue weighted by atomic mass is 9.94. The van der Waals surface area contributed by atoms with Gasteiger partial charge in [0.15, 0.2) is 0 Å². The fraction of sp³-hybridized carbons (Fsp3) is 0.533. The summed E-state index contributed by atoms with van der Waals surface area (Å²) >= 11 is 6.13. The first-order chi connectivity index (χ1) is 9.16. The zero-order valence-electron chi connectivity index (χ0n) is 11.3. The average molecular weight is 281 g/mol. The van der Waals surface area contributed by atoms with Crippen LogP contribution in [0.2, 0.25) is 5.02 Å². The van der Waals surface area contributed by atoms with Crippen molar-refractivity contribution in [3.8, 4) is 0 Å². The minimum absolute atomic E-state index is 0.0390. The molecule has 1 aliphatic rings. The standard InChI is InChI=1S/C15H21ClN2O/c1-11(13-4-2-3-5-14(13)16)18-15(19)10-12-6-8-17-9-7-12/h2-5,11-12,17H,6-10H2,1H3,(H,18,19)/t11-/m0/s1. The van der Waals surface area contributed by atoms with Gasteiger partial charge in [0.1, 0.15) is 0 Å². The molecule has 4 heteroatoms. The van der Waals surface area contributed by atoms with Crippen molar-refractivity contribution in [3.05, 3.63) is 34.9 Å². The van der Waals surface area contributed by atoms with E-state index in [9.17, 15) is 4.79 Å². The SMILES string of the molecule is C[C@H](NC(=O)CC1CCNCC1)c1ccccc1Cl. The Morgan fingerprint density at radius 1 is 1.42 bits per heavy atom. The number of halogens is 1. The fourth-order valence-corrected chi connectivity index (χ4v) is 2.85. The summed E-state index contributed by atoms with van der Waals surface area (Å²) in [5.41, 5.74) is 0.975. The maximum absolute atomic E-state index is 12.0. The molecular weight excluding hydrogens is 260 g/mol. The molecule has 19 heavy (non-hydrogen) atoms. The number of rotatable bonds is 4. The van der Waals surface area contributed by atoms with Gasteiger partial charge in [0.2, 0.25) is 5.91 Å². The molecule has 0 aliphatic carbocycles. The molecule has 0 radical (unpaired) electrons. The molecule has 0 spiro atoms. The van der Waals surface area contributed by atoms with Crippen molar-refractivity contribution in [2.75, 3.05) is 13.1 Å². The van der Waals surface area contributed by atoms with Crippen LogP contribution in [0.4, 0.5) is 0 Å². The van der Waals surface area contributed by atoms with Gasteiger partial charge in [-0.1, -0.05) is 29.8 Å². The van der Waals surface area contributed by atoms with Crippen LogP contribution in [0.3, 0.4) is 0 Å². The van der Waals surface area contributed by atoms with Gasteiger partial charge in [0.05, 0.1) is 6.04 Å². The topological polar surface area (TPSA) is 41.1 Å². The van der Waals surface area contributed by atoms with Crippen LogP contribution in [-0.4, -0.2) is 19.0 Å². The highest BCUT2D eigenvalue weighted by Gasteiger charge is 2.18. The summed E-state index contributed by atoms with van der Waals surface area (Å²) < 4.78 is 0. The van der Waals surface area contributed by atoms with Gasteiger partial charge in [-0.2, -0.15) is 0 Å². The van der Waals surface area contributed by atoms with Gasteiger partial charge < -0.3 is 10.6 Å². The Balaban J connectivity index is 1.86. The zero-order valence-corrected chi connectivity index (χ0v) is 12.0. The van der Waals surface area contributed by atoms with Gasteiger partial charge >= 0.3 is 0 Å². The van der Waals surface area contributed by atoms with E-state index < -0.39 is 0 Å². The minimum atomic E-state index is -0.0390. The second-order valence-electron chi connectivity index (χ2n) is 5.21. The van der Waals surface area contributed by atoms with Crippen molar-refractivity contribution < 1.29 is 4.79 Å². The van der Waals surface area contributed by atoms with Crippen LogP contribution in [0.5, 0.6) is 0 Å². The molecule has 0 saturated carbocycles. The normalized spacial score (nSPS) is 18.0. The molecule has 2 N–H and O–H groups in total. The smallest absolute Gasteiger partial charge is 0.220 e. The van der Waals surface area contributed by atoms with Crippen LogP contribution in [0, 0.1) is 5.92 Å². The fourth-order valence-electron chi connectivity index (χ4n) is 2.55. The minimum Gasteiger partial charge on any atom is -0.350 e. The molecule has 1 amide bonds. The maximum Gasteiger partial charge on any atom is 0.220 e. The first kappa shape index (κ1) is 14.4. The van der Waals surface area contributed by atoms with E-state index in [-0.39, 0.29) is 11.9 Å². The molecule has 1 atom stereocenters. The maximum atomic E-state index is 12.0. The third kappa shape index (κ3) is 4.22. The quantitative estimate of drug-likeness (QED) is 0.890. The predicted molar refractivity (Wildman–Crippen MR) is 78.2 cm³/mol. The lowest BCUT2D eigenvalue weighted by Crippen LogP contribution is -2.33. The van der Waals surface area contributed by atoms with Crippen LogP contribution < -0.4 is 10.6 Å². The number of carbonyl (C=O) groups excluding carboxylic acids is 1. The van der Waals surface area contributed by atoms with Gasteiger partial charge in [-0.05, 0) is 50.4 Å². The monoisotopic (exact) mass is 280 g/mol. The Morgan fingerprint density at radius 3 is 2.79 bits per heavy atom. The van der Waals surface area contributed by atoms with Gasteiger partial charge in [-0.25, -0.2) is 0 Å². The van der Waals surface area contributed by atoms with Gasteiger partial charge in [-0.15, -0.1) is 0 Å². The number of piperidine rings is 1. The van der Waals surface area contributed by atoms with Crippen LogP contribution in [0.1, 0.15) is 37.8 Å². The Bertz CT molecular complexity index is 430. The molecule has 0 bridgehead atoms. The van der Waals surface area contributed by atoms with E-state index in [2.05, 4.69) is 10.6 Å². The Kier molecular flexibility index (Phi) is 5.23. The predicted octanol–water partition coefficient (Wildman–Crippen LogP) is 2.91. The molecule has 3 nitrogen and oxygen atoms in total. The third-order valence-electron chi connectivity index (χ3n) is 3.68. The van der Waals surface area contributed by atoms with E-state index in [0.29, 0.717) is 17.4 Å². The molecule has 104 valence electrons. The highest BCUT2D eigenvalue weighted by Crippen LogP contribution is 2.23. The molecule has 2 rings (SSSR count). The molecule has 1 aromatic rings. The summed E-state index contributed by atoms with van der Waals surface area (Å²) in [6.45, 7) is 4.03. The molecule has 1 heterocycles. The number of carbonyl (C=O) groups is 1. The number of benzene rings is 1. The average Bonchev–Trinajstić information content (AvgIpc) is 2.40. The van der Waals surface area contributed by atoms with Crippen molar-refractivity contribution in [2.45, 2.75) is 32.2 Å². The number of hydrogen-bond acceptors (Lipinski definition) is 2. The van der Waals surface area contributed by atoms with Crippen LogP contribution >= 0.6 is 11.6 Å². The number of nitrogens with one attached hydrogen (secondary N) is 2. The highest BCUT2D eigenvalue weighted by molar-refractivity contribution is 6.31. The van der Waals surface area contributed by atoms with Crippen LogP contribution in [0.15, 0.2) is 24.3 Å². The highest BCUT2D eigenvalue weighted by atomic mass is 35.5. The summed E-state index contributed by atoms with van der Waals surface area (Å²) in [5.74, 6) is 0.638. The Labute approximate surface area is 119 Å². The molecular formula is C15H21ClN2O. The summed E-state index contributed by atoms with van der Waals surface area (Å²) in [5, 5.41) is 7.06. The Morgan fingerprint density at radius 2 is 2.11 bits per heavy atom. The second kappa shape index (κ2) is 6.92. The number of amides is 1. The lowest BCUT2D eigenvalue weighted by molar-refractivity contribution is -0.122. The molecule has 0 unspecified atom stereocenters. The van der Waals surface area contributed by atoms with Gasteiger partial charge in [0.25, 0.3) is 0 Å². The van der Waals surface area contributed by atoms with E-state index in [1.54, 1.807) is 0 Å². The van der Waals surface area contributed by atoms with Crippen LogP contribution in [-0.2, 0) is 4.79 Å². The summed E-state index contributed by atoms with van der Waals surface area (Å²) in [6.07, 6.45) is 2.80. The summed E-state index contributed by atoms with van der Waals surface area (Å²) in [6, 6.07) is 7.61. The van der Waals surface area contributed by atoms with E-state index >= 15 is 0 Å². The lowest BCUT2D eigenvalue weighted by Gasteiger charge is -2.23. The molecule has 0 aromatic heterocycles. The second-order valence-corrected chi connectivity index (χ2v) is 5.62. The Hall–Kier alpha value is -1.06. The zero-order chi connectivity index (χ0) is 13.7. The van der Waals surface area contributed by atoms with Crippen molar-refractivity contribution in [1.82, 2.24) is 10.6 Å². The molecule has 1 saturated heterocycles. The molecule has 1 fully saturated rings. The summed E-state index contributed by atoms with van der Waals surface area (Å²) in [4.78, 5) is 12.0. The van der Waals surface area contributed by atoms with E-state index in [1.807, 2.05) is 31.2 Å². The third-order valence-corrected chi connectivity index (χ3v) is 4.03. The summed E-state index contributed by atoms with van der Waals surface area (Å²) in [7, 11) is 0. The van der Waals surface area contributed by atoms with Crippen molar-refractivity contribution in [1.29, 1.82) is 0 Å². The number of hydrogen-bond donors (Lipinski definition) is 2. The first-order valence-corrected chi connectivity index (χ1v) is 7.29. The van der Waals surface area contributed by atoms with Gasteiger partial charge in [-0.3, -0.25) is 4.79 Å². The first-order valence-electron chi connectivity index (χ1n) is 6.91. The van der Waals surface area contributed by atoms with Crippen molar-refractivity contribution in [3.63, 3.8) is 0 Å². The van der Waals surface area contributed by atoms with Crippen molar-refractivity contribution >= 4 is 17.5 Å². The van der Waals surface area contributed by atoms with Crippen LogP contribution in [0.25, 0.3) is 0 Å². The largest absolute Gasteiger partial charge is 0.350 e. The van der Waals surface area contributed by atoms with E-state index in [1.165, 1.54) is 0 Å². The van der Waals surface area contributed by atoms with E-state index in [4.69, 9.17) is 11.6 Å².